The molecule has 3 heterocycles. The first-order valence-corrected chi connectivity index (χ1v) is 13.5. The van der Waals surface area contributed by atoms with Crippen LogP contribution in [0.3, 0.4) is 0 Å². The summed E-state index contributed by atoms with van der Waals surface area (Å²) in [6, 6.07) is 12.6. The van der Waals surface area contributed by atoms with Crippen molar-refractivity contribution >= 4 is 35.1 Å². The van der Waals surface area contributed by atoms with Crippen molar-refractivity contribution in [3.63, 3.8) is 0 Å². The first-order chi connectivity index (χ1) is 18.4. The lowest BCUT2D eigenvalue weighted by atomic mass is 10.00. The first kappa shape index (κ1) is 26.5. The minimum absolute atomic E-state index is 0.0413. The molecule has 1 amide bonds. The molecular weight excluding hydrogens is 527 g/mol. The van der Waals surface area contributed by atoms with Gasteiger partial charge in [0, 0.05) is 44.0 Å². The molecule has 1 N–H and O–H groups in total. The van der Waals surface area contributed by atoms with E-state index in [1.165, 1.54) is 0 Å². The van der Waals surface area contributed by atoms with Crippen molar-refractivity contribution in [3.8, 4) is 5.75 Å². The van der Waals surface area contributed by atoms with Crippen LogP contribution in [-0.4, -0.2) is 47.2 Å². The molecule has 10 heteroatoms. The van der Waals surface area contributed by atoms with Gasteiger partial charge in [-0.05, 0) is 61.1 Å². The van der Waals surface area contributed by atoms with E-state index in [2.05, 4.69) is 5.32 Å². The molecule has 0 unspecified atom stereocenters. The molecule has 2 aliphatic rings. The number of halogens is 2. The fourth-order valence-electron chi connectivity index (χ4n) is 4.93. The summed E-state index contributed by atoms with van der Waals surface area (Å²) in [5.41, 5.74) is 2.74. The zero-order chi connectivity index (χ0) is 26.6. The highest BCUT2D eigenvalue weighted by Gasteiger charge is 2.28. The Morgan fingerprint density at radius 2 is 1.89 bits per heavy atom. The molecule has 0 saturated carbocycles. The molecule has 0 spiro atoms. The van der Waals surface area contributed by atoms with Crippen molar-refractivity contribution in [3.05, 3.63) is 85.2 Å². The van der Waals surface area contributed by atoms with E-state index < -0.39 is 0 Å². The Kier molecular flexibility index (Phi) is 8.21. The number of amides is 1. The molecule has 0 bridgehead atoms. The van der Waals surface area contributed by atoms with Crippen LogP contribution in [0.2, 0.25) is 10.0 Å². The van der Waals surface area contributed by atoms with E-state index in [-0.39, 0.29) is 18.0 Å². The Morgan fingerprint density at radius 3 is 2.61 bits per heavy atom. The number of hydrogen-bond donors (Lipinski definition) is 1. The third kappa shape index (κ3) is 5.82. The van der Waals surface area contributed by atoms with Crippen LogP contribution in [0.5, 0.6) is 5.75 Å². The largest absolute Gasteiger partial charge is 0.497 e. The minimum atomic E-state index is -0.171. The van der Waals surface area contributed by atoms with Gasteiger partial charge in [0.15, 0.2) is 0 Å². The normalized spacial score (nSPS) is 15.7. The van der Waals surface area contributed by atoms with Gasteiger partial charge in [0.05, 0.1) is 29.4 Å². The number of carbonyl (C=O) groups is 1. The second-order valence-electron chi connectivity index (χ2n) is 9.64. The second kappa shape index (κ2) is 11.8. The molecule has 38 heavy (non-hydrogen) atoms. The molecular formula is C28H30Cl2N4O4. The molecule has 3 aromatic rings. The maximum atomic E-state index is 13.7. The number of hydrogen-bond acceptors (Lipinski definition) is 6. The zero-order valence-electron chi connectivity index (χ0n) is 21.2. The molecule has 1 aromatic heterocycles. The van der Waals surface area contributed by atoms with Crippen LogP contribution in [-0.2, 0) is 30.8 Å². The van der Waals surface area contributed by atoms with Gasteiger partial charge >= 0.3 is 0 Å². The first-order valence-electron chi connectivity index (χ1n) is 12.7. The van der Waals surface area contributed by atoms with E-state index in [9.17, 15) is 9.59 Å². The van der Waals surface area contributed by atoms with Crippen molar-refractivity contribution < 1.29 is 14.3 Å². The number of nitrogens with one attached hydrogen (secondary N) is 1. The fourth-order valence-corrected chi connectivity index (χ4v) is 5.23. The average molecular weight is 557 g/mol. The fraction of sp³-hybridized carbons (Fsp3) is 0.393. The predicted octanol–water partition coefficient (Wildman–Crippen LogP) is 4.80. The van der Waals surface area contributed by atoms with Gasteiger partial charge in [-0.15, -0.1) is 0 Å². The van der Waals surface area contributed by atoms with Crippen LogP contribution in [0.1, 0.15) is 40.0 Å². The summed E-state index contributed by atoms with van der Waals surface area (Å²) in [6.45, 7) is 3.17. The lowest BCUT2D eigenvalue weighted by Crippen LogP contribution is -2.41. The molecule has 8 nitrogen and oxygen atoms in total. The Balaban J connectivity index is 1.42. The summed E-state index contributed by atoms with van der Waals surface area (Å²) in [4.78, 5) is 33.5. The average Bonchev–Trinajstić information content (AvgIpc) is 2.95. The van der Waals surface area contributed by atoms with E-state index in [1.54, 1.807) is 34.8 Å². The van der Waals surface area contributed by atoms with Gasteiger partial charge in [0.2, 0.25) is 5.95 Å². The maximum absolute atomic E-state index is 13.7. The number of methoxy groups -OCH3 is 1. The van der Waals surface area contributed by atoms with Gasteiger partial charge in [-0.3, -0.25) is 14.2 Å². The van der Waals surface area contributed by atoms with E-state index >= 15 is 0 Å². The smallest absolute Gasteiger partial charge is 0.258 e. The van der Waals surface area contributed by atoms with Crippen molar-refractivity contribution in [1.29, 1.82) is 0 Å². The molecule has 5 rings (SSSR count). The number of aromatic nitrogens is 2. The standard InChI is InChI=1S/C28H30Cl2N4O4/c1-37-21-5-2-18(3-6-21)15-31-28-32-25-17-33(26(35)20-4-7-23(29)24(30)14-20)11-8-22(25)27(36)34(28)16-19-9-12-38-13-10-19/h2-7,14,19H,8-13,15-17H2,1H3,(H,31,32). The summed E-state index contributed by atoms with van der Waals surface area (Å²) in [6.07, 6.45) is 2.27. The van der Waals surface area contributed by atoms with Crippen molar-refractivity contribution in [1.82, 2.24) is 14.5 Å². The van der Waals surface area contributed by atoms with E-state index in [1.807, 2.05) is 24.3 Å². The van der Waals surface area contributed by atoms with Gasteiger partial charge in [0.1, 0.15) is 5.75 Å². The van der Waals surface area contributed by atoms with Gasteiger partial charge in [-0.1, -0.05) is 35.3 Å². The molecule has 0 radical (unpaired) electrons. The Bertz CT molecular complexity index is 1370. The Labute approximate surface area is 231 Å². The molecule has 0 atom stereocenters. The van der Waals surface area contributed by atoms with Crippen LogP contribution < -0.4 is 15.6 Å². The molecule has 0 aliphatic carbocycles. The lowest BCUT2D eigenvalue weighted by Gasteiger charge is -2.30. The molecule has 1 fully saturated rings. The van der Waals surface area contributed by atoms with E-state index in [0.717, 1.165) is 24.2 Å². The minimum Gasteiger partial charge on any atom is -0.497 e. The van der Waals surface area contributed by atoms with Crippen LogP contribution in [0.15, 0.2) is 47.3 Å². The summed E-state index contributed by atoms with van der Waals surface area (Å²) < 4.78 is 12.5. The topological polar surface area (TPSA) is 85.7 Å². The highest BCUT2D eigenvalue weighted by atomic mass is 35.5. The van der Waals surface area contributed by atoms with E-state index in [4.69, 9.17) is 37.7 Å². The number of nitrogens with zero attached hydrogens (tertiary/aromatic N) is 3. The predicted molar refractivity (Wildman–Crippen MR) is 147 cm³/mol. The van der Waals surface area contributed by atoms with Crippen LogP contribution in [0.4, 0.5) is 5.95 Å². The maximum Gasteiger partial charge on any atom is 0.258 e. The van der Waals surface area contributed by atoms with Crippen molar-refractivity contribution in [2.75, 3.05) is 32.2 Å². The number of benzene rings is 2. The van der Waals surface area contributed by atoms with Gasteiger partial charge < -0.3 is 19.7 Å². The van der Waals surface area contributed by atoms with Crippen molar-refractivity contribution in [2.45, 2.75) is 38.9 Å². The number of ether oxygens (including phenoxy) is 2. The van der Waals surface area contributed by atoms with Gasteiger partial charge in [0.25, 0.3) is 11.5 Å². The molecule has 2 aromatic carbocycles. The molecule has 1 saturated heterocycles. The molecule has 2 aliphatic heterocycles. The Morgan fingerprint density at radius 1 is 1.13 bits per heavy atom. The Hall–Kier alpha value is -3.07. The number of carbonyl (C=O) groups excluding carboxylic acids is 1. The second-order valence-corrected chi connectivity index (χ2v) is 10.5. The summed E-state index contributed by atoms with van der Waals surface area (Å²) >= 11 is 12.2. The SMILES string of the molecule is COc1ccc(CNc2nc3c(c(=O)n2CC2CCOCC2)CCN(C(=O)c2ccc(Cl)c(Cl)c2)C3)cc1. The highest BCUT2D eigenvalue weighted by Crippen LogP contribution is 2.26. The zero-order valence-corrected chi connectivity index (χ0v) is 22.7. The van der Waals surface area contributed by atoms with Crippen molar-refractivity contribution in [2.24, 2.45) is 5.92 Å². The summed E-state index contributed by atoms with van der Waals surface area (Å²) in [7, 11) is 1.63. The van der Waals surface area contributed by atoms with Gasteiger partial charge in [-0.25, -0.2) is 4.98 Å². The third-order valence-corrected chi connectivity index (χ3v) is 7.90. The summed E-state index contributed by atoms with van der Waals surface area (Å²) in [5.74, 6) is 1.47. The van der Waals surface area contributed by atoms with Gasteiger partial charge in [-0.2, -0.15) is 0 Å². The monoisotopic (exact) mass is 556 g/mol. The van der Waals surface area contributed by atoms with E-state index in [0.29, 0.717) is 78.0 Å². The lowest BCUT2D eigenvalue weighted by molar-refractivity contribution is 0.0609. The van der Waals surface area contributed by atoms with Crippen LogP contribution in [0, 0.1) is 5.92 Å². The molecule has 200 valence electrons. The number of fused-ring (bicyclic) bond motifs is 1. The van der Waals surface area contributed by atoms with Crippen LogP contribution >= 0.6 is 23.2 Å². The summed E-state index contributed by atoms with van der Waals surface area (Å²) in [5, 5.41) is 4.10. The number of anilines is 1. The van der Waals surface area contributed by atoms with Crippen LogP contribution in [0.25, 0.3) is 0 Å². The highest BCUT2D eigenvalue weighted by molar-refractivity contribution is 6.42. The quantitative estimate of drug-likeness (QED) is 0.450. The third-order valence-electron chi connectivity index (χ3n) is 7.17. The number of rotatable bonds is 7.